The van der Waals surface area contributed by atoms with Crippen LogP contribution in [0.1, 0.15) is 12.5 Å². The molecule has 3 aromatic rings. The fourth-order valence-corrected chi connectivity index (χ4v) is 4.19. The maximum absolute atomic E-state index is 13.6. The molecule has 2 aromatic carbocycles. The summed E-state index contributed by atoms with van der Waals surface area (Å²) in [4.78, 5) is 16.8. The van der Waals surface area contributed by atoms with E-state index in [0.29, 0.717) is 0 Å². The molecule has 1 atom stereocenters. The molecule has 1 heterocycles. The Kier molecular flexibility index (Phi) is 5.68. The van der Waals surface area contributed by atoms with Gasteiger partial charge in [-0.2, -0.15) is 0 Å². The Labute approximate surface area is 158 Å². The second-order valence-electron chi connectivity index (χ2n) is 5.71. The number of hydrogen-bond donors (Lipinski definition) is 1. The molecule has 0 aliphatic heterocycles. The summed E-state index contributed by atoms with van der Waals surface area (Å²) in [6, 6.07) is 11.5. The van der Waals surface area contributed by atoms with Gasteiger partial charge in [0.1, 0.15) is 17.3 Å². The SMILES string of the molecule is Cc1ccc(-c2csc(S[C@@H](C)C(=O)Nc3c(F)cccc3F)n2)cc1. The van der Waals surface area contributed by atoms with Crippen molar-refractivity contribution in [3.8, 4) is 11.3 Å². The Bertz CT molecular complexity index is 905. The summed E-state index contributed by atoms with van der Waals surface area (Å²) in [7, 11) is 0. The summed E-state index contributed by atoms with van der Waals surface area (Å²) in [5.74, 6) is -2.08. The number of carbonyl (C=O) groups is 1. The molecular weight excluding hydrogens is 374 g/mol. The van der Waals surface area contributed by atoms with E-state index >= 15 is 0 Å². The number of para-hydroxylation sites is 1. The molecule has 1 N–H and O–H groups in total. The second kappa shape index (κ2) is 7.97. The van der Waals surface area contributed by atoms with Crippen LogP contribution in [0.5, 0.6) is 0 Å². The number of carbonyl (C=O) groups excluding carboxylic acids is 1. The highest BCUT2D eigenvalue weighted by atomic mass is 32.2. The molecule has 0 unspecified atom stereocenters. The molecule has 26 heavy (non-hydrogen) atoms. The Morgan fingerprint density at radius 3 is 2.46 bits per heavy atom. The average molecular weight is 390 g/mol. The number of thiazole rings is 1. The van der Waals surface area contributed by atoms with E-state index in [1.165, 1.54) is 34.7 Å². The number of amides is 1. The first-order valence-electron chi connectivity index (χ1n) is 7.88. The van der Waals surface area contributed by atoms with Crippen molar-refractivity contribution in [2.75, 3.05) is 5.32 Å². The van der Waals surface area contributed by atoms with Crippen LogP contribution in [0.25, 0.3) is 11.3 Å². The molecule has 1 amide bonds. The number of hydrogen-bond acceptors (Lipinski definition) is 4. The molecular formula is C19H16F2N2OS2. The predicted molar refractivity (Wildman–Crippen MR) is 103 cm³/mol. The third kappa shape index (κ3) is 4.28. The van der Waals surface area contributed by atoms with Gasteiger partial charge in [-0.1, -0.05) is 47.7 Å². The van der Waals surface area contributed by atoms with Gasteiger partial charge in [0.05, 0.1) is 10.9 Å². The number of nitrogens with one attached hydrogen (secondary N) is 1. The first-order valence-corrected chi connectivity index (χ1v) is 9.64. The van der Waals surface area contributed by atoms with E-state index in [-0.39, 0.29) is 0 Å². The van der Waals surface area contributed by atoms with E-state index < -0.39 is 28.5 Å². The summed E-state index contributed by atoms with van der Waals surface area (Å²) < 4.78 is 28.0. The van der Waals surface area contributed by atoms with Crippen molar-refractivity contribution in [2.24, 2.45) is 0 Å². The maximum Gasteiger partial charge on any atom is 0.237 e. The number of nitrogens with zero attached hydrogens (tertiary/aromatic N) is 1. The van der Waals surface area contributed by atoms with Crippen LogP contribution in [0, 0.1) is 18.6 Å². The number of thioether (sulfide) groups is 1. The van der Waals surface area contributed by atoms with Crippen LogP contribution in [0.2, 0.25) is 0 Å². The average Bonchev–Trinajstić information content (AvgIpc) is 3.07. The van der Waals surface area contributed by atoms with Crippen molar-refractivity contribution >= 4 is 34.7 Å². The molecule has 134 valence electrons. The van der Waals surface area contributed by atoms with Crippen molar-refractivity contribution in [3.05, 3.63) is 65.0 Å². The molecule has 0 aliphatic carbocycles. The first-order chi connectivity index (χ1) is 12.4. The smallest absolute Gasteiger partial charge is 0.237 e. The second-order valence-corrected chi connectivity index (χ2v) is 8.16. The highest BCUT2D eigenvalue weighted by Crippen LogP contribution is 2.31. The summed E-state index contributed by atoms with van der Waals surface area (Å²) in [6.45, 7) is 3.69. The summed E-state index contributed by atoms with van der Waals surface area (Å²) in [5, 5.41) is 3.69. The molecule has 0 saturated carbocycles. The van der Waals surface area contributed by atoms with Gasteiger partial charge in [0.2, 0.25) is 5.91 Å². The van der Waals surface area contributed by atoms with Crippen LogP contribution >= 0.6 is 23.1 Å². The van der Waals surface area contributed by atoms with E-state index in [1.54, 1.807) is 6.92 Å². The molecule has 1 aromatic heterocycles. The molecule has 0 spiro atoms. The molecule has 3 nitrogen and oxygen atoms in total. The van der Waals surface area contributed by atoms with Gasteiger partial charge < -0.3 is 5.32 Å². The van der Waals surface area contributed by atoms with Crippen molar-refractivity contribution in [1.82, 2.24) is 4.98 Å². The maximum atomic E-state index is 13.6. The van der Waals surface area contributed by atoms with Crippen LogP contribution in [0.3, 0.4) is 0 Å². The topological polar surface area (TPSA) is 42.0 Å². The minimum atomic E-state index is -0.800. The Morgan fingerprint density at radius 2 is 1.81 bits per heavy atom. The van der Waals surface area contributed by atoms with E-state index in [0.717, 1.165) is 27.7 Å². The van der Waals surface area contributed by atoms with Gasteiger partial charge >= 0.3 is 0 Å². The lowest BCUT2D eigenvalue weighted by atomic mass is 10.1. The minimum absolute atomic E-state index is 0.426. The van der Waals surface area contributed by atoms with E-state index in [2.05, 4.69) is 10.3 Å². The Balaban J connectivity index is 1.67. The molecule has 0 fully saturated rings. The van der Waals surface area contributed by atoms with Gasteiger partial charge in [-0.3, -0.25) is 4.79 Å². The van der Waals surface area contributed by atoms with Gasteiger partial charge in [0, 0.05) is 10.9 Å². The quantitative estimate of drug-likeness (QED) is 0.584. The molecule has 0 aliphatic rings. The van der Waals surface area contributed by atoms with Crippen molar-refractivity contribution in [3.63, 3.8) is 0 Å². The highest BCUT2D eigenvalue weighted by Gasteiger charge is 2.20. The molecule has 7 heteroatoms. The lowest BCUT2D eigenvalue weighted by Gasteiger charge is -2.11. The van der Waals surface area contributed by atoms with Crippen LogP contribution in [0.4, 0.5) is 14.5 Å². The fraction of sp³-hybridized carbons (Fsp3) is 0.158. The Hall–Kier alpha value is -2.25. The van der Waals surface area contributed by atoms with Crippen LogP contribution in [-0.4, -0.2) is 16.1 Å². The van der Waals surface area contributed by atoms with Crippen molar-refractivity contribution in [2.45, 2.75) is 23.4 Å². The van der Waals surface area contributed by atoms with Gasteiger partial charge in [0.15, 0.2) is 4.34 Å². The summed E-state index contributed by atoms with van der Waals surface area (Å²) in [6.07, 6.45) is 0. The normalized spacial score (nSPS) is 12.0. The van der Waals surface area contributed by atoms with Crippen LogP contribution in [0.15, 0.2) is 52.2 Å². The summed E-state index contributed by atoms with van der Waals surface area (Å²) >= 11 is 2.68. The van der Waals surface area contributed by atoms with Crippen LogP contribution < -0.4 is 5.32 Å². The number of halogens is 2. The van der Waals surface area contributed by atoms with Crippen molar-refractivity contribution < 1.29 is 13.6 Å². The van der Waals surface area contributed by atoms with Crippen LogP contribution in [-0.2, 0) is 4.79 Å². The number of aryl methyl sites for hydroxylation is 1. The largest absolute Gasteiger partial charge is 0.320 e. The summed E-state index contributed by atoms with van der Waals surface area (Å²) in [5.41, 5.74) is 2.59. The van der Waals surface area contributed by atoms with E-state index in [9.17, 15) is 13.6 Å². The standard InChI is InChI=1S/C19H16F2N2OS2/c1-11-6-8-13(9-7-11)16-10-25-19(22-16)26-12(2)18(24)23-17-14(20)4-3-5-15(17)21/h3-10,12H,1-2H3,(H,23,24)/t12-/m0/s1. The van der Waals surface area contributed by atoms with E-state index in [4.69, 9.17) is 0 Å². The number of aromatic nitrogens is 1. The molecule has 0 bridgehead atoms. The number of rotatable bonds is 5. The third-order valence-electron chi connectivity index (χ3n) is 3.69. The monoisotopic (exact) mass is 390 g/mol. The number of benzene rings is 2. The zero-order valence-corrected chi connectivity index (χ0v) is 15.8. The van der Waals surface area contributed by atoms with Gasteiger partial charge in [-0.15, -0.1) is 11.3 Å². The van der Waals surface area contributed by atoms with E-state index in [1.807, 2.05) is 36.6 Å². The zero-order chi connectivity index (χ0) is 18.7. The molecule has 3 rings (SSSR count). The van der Waals surface area contributed by atoms with Crippen molar-refractivity contribution in [1.29, 1.82) is 0 Å². The fourth-order valence-electron chi connectivity index (χ4n) is 2.22. The van der Waals surface area contributed by atoms with Gasteiger partial charge in [-0.25, -0.2) is 13.8 Å². The molecule has 0 saturated heterocycles. The van der Waals surface area contributed by atoms with Gasteiger partial charge in [-0.05, 0) is 26.0 Å². The predicted octanol–water partition coefficient (Wildman–Crippen LogP) is 5.52. The third-order valence-corrected chi connectivity index (χ3v) is 5.76. The lowest BCUT2D eigenvalue weighted by molar-refractivity contribution is -0.115. The minimum Gasteiger partial charge on any atom is -0.320 e. The number of anilines is 1. The molecule has 0 radical (unpaired) electrons. The lowest BCUT2D eigenvalue weighted by Crippen LogP contribution is -2.23. The Morgan fingerprint density at radius 1 is 1.15 bits per heavy atom. The highest BCUT2D eigenvalue weighted by molar-refractivity contribution is 8.02. The van der Waals surface area contributed by atoms with Gasteiger partial charge in [0.25, 0.3) is 0 Å². The zero-order valence-electron chi connectivity index (χ0n) is 14.1. The first kappa shape index (κ1) is 18.5.